The normalized spacial score (nSPS) is 20.1. The number of carbonyl (C=O) groups excluding carboxylic acids is 1. The molecule has 1 aromatic carbocycles. The van der Waals surface area contributed by atoms with Crippen molar-refractivity contribution in [3.63, 3.8) is 0 Å². The van der Waals surface area contributed by atoms with Crippen molar-refractivity contribution >= 4 is 16.3 Å². The molecule has 1 aliphatic heterocycles. The molecule has 5 heteroatoms. The molecule has 19 heavy (non-hydrogen) atoms. The van der Waals surface area contributed by atoms with Crippen LogP contribution in [-0.2, 0) is 14.8 Å². The molecule has 1 aliphatic rings. The fourth-order valence-corrected chi connectivity index (χ4v) is 3.66. The van der Waals surface area contributed by atoms with Gasteiger partial charge in [0.1, 0.15) is 6.29 Å². The molecule has 0 saturated carbocycles. The zero-order chi connectivity index (χ0) is 14.1. The standard InChI is InChI=1S/C14H19NO3S/c1-12-3-5-13(6-4-12)19(17,18)15-9-7-14(2,11-16)8-10-15/h3-6,11H,7-10H2,1-2H3. The van der Waals surface area contributed by atoms with E-state index in [9.17, 15) is 13.2 Å². The number of benzene rings is 1. The molecule has 0 unspecified atom stereocenters. The molecule has 4 nitrogen and oxygen atoms in total. The van der Waals surface area contributed by atoms with Crippen LogP contribution in [0.5, 0.6) is 0 Å². The van der Waals surface area contributed by atoms with Crippen LogP contribution < -0.4 is 0 Å². The zero-order valence-electron chi connectivity index (χ0n) is 11.3. The summed E-state index contributed by atoms with van der Waals surface area (Å²) in [6, 6.07) is 6.87. The molecule has 0 bridgehead atoms. The van der Waals surface area contributed by atoms with Crippen molar-refractivity contribution in [2.75, 3.05) is 13.1 Å². The third kappa shape index (κ3) is 2.87. The van der Waals surface area contributed by atoms with Crippen LogP contribution in [0.1, 0.15) is 25.3 Å². The Morgan fingerprint density at radius 1 is 1.16 bits per heavy atom. The van der Waals surface area contributed by atoms with Crippen molar-refractivity contribution in [3.05, 3.63) is 29.8 Å². The van der Waals surface area contributed by atoms with E-state index in [4.69, 9.17) is 0 Å². The highest BCUT2D eigenvalue weighted by Gasteiger charge is 2.35. The lowest BCUT2D eigenvalue weighted by Gasteiger charge is -2.34. The number of nitrogens with zero attached hydrogens (tertiary/aromatic N) is 1. The van der Waals surface area contributed by atoms with E-state index in [2.05, 4.69) is 0 Å². The summed E-state index contributed by atoms with van der Waals surface area (Å²) in [7, 11) is -3.42. The van der Waals surface area contributed by atoms with Crippen LogP contribution in [0.25, 0.3) is 0 Å². The lowest BCUT2D eigenvalue weighted by molar-refractivity contribution is -0.117. The first kappa shape index (κ1) is 14.2. The number of carbonyl (C=O) groups is 1. The van der Waals surface area contributed by atoms with E-state index < -0.39 is 10.0 Å². The van der Waals surface area contributed by atoms with E-state index in [0.717, 1.165) is 11.8 Å². The van der Waals surface area contributed by atoms with Crippen molar-refractivity contribution in [1.29, 1.82) is 0 Å². The second-order valence-corrected chi connectivity index (χ2v) is 7.43. The summed E-state index contributed by atoms with van der Waals surface area (Å²) in [4.78, 5) is 11.3. The molecule has 1 saturated heterocycles. The maximum Gasteiger partial charge on any atom is 0.243 e. The maximum absolute atomic E-state index is 12.4. The van der Waals surface area contributed by atoms with Crippen LogP contribution >= 0.6 is 0 Å². The average molecular weight is 281 g/mol. The topological polar surface area (TPSA) is 54.5 Å². The van der Waals surface area contributed by atoms with Crippen molar-refractivity contribution < 1.29 is 13.2 Å². The number of aryl methyl sites for hydroxylation is 1. The van der Waals surface area contributed by atoms with E-state index in [1.54, 1.807) is 24.3 Å². The summed E-state index contributed by atoms with van der Waals surface area (Å²) in [5.41, 5.74) is 0.658. The SMILES string of the molecule is Cc1ccc(S(=O)(=O)N2CCC(C)(C=O)CC2)cc1. The first-order valence-electron chi connectivity index (χ1n) is 6.41. The Morgan fingerprint density at radius 3 is 2.16 bits per heavy atom. The van der Waals surface area contributed by atoms with E-state index in [1.807, 2.05) is 13.8 Å². The Labute approximate surface area is 114 Å². The van der Waals surface area contributed by atoms with Crippen LogP contribution in [0.3, 0.4) is 0 Å². The molecule has 0 radical (unpaired) electrons. The summed E-state index contributed by atoms with van der Waals surface area (Å²) in [6.07, 6.45) is 2.12. The van der Waals surface area contributed by atoms with Gasteiger partial charge in [0.15, 0.2) is 0 Å². The summed E-state index contributed by atoms with van der Waals surface area (Å²) in [5, 5.41) is 0. The molecule has 0 amide bonds. The molecule has 2 rings (SSSR count). The van der Waals surface area contributed by atoms with Gasteiger partial charge in [0.2, 0.25) is 10.0 Å². The van der Waals surface area contributed by atoms with Gasteiger partial charge in [-0.15, -0.1) is 0 Å². The van der Waals surface area contributed by atoms with E-state index >= 15 is 0 Å². The van der Waals surface area contributed by atoms with Gasteiger partial charge in [-0.1, -0.05) is 24.6 Å². The van der Waals surface area contributed by atoms with Gasteiger partial charge < -0.3 is 4.79 Å². The van der Waals surface area contributed by atoms with E-state index in [-0.39, 0.29) is 5.41 Å². The van der Waals surface area contributed by atoms with Crippen LogP contribution in [0, 0.1) is 12.3 Å². The molecule has 0 N–H and O–H groups in total. The molecule has 104 valence electrons. The highest BCUT2D eigenvalue weighted by Crippen LogP contribution is 2.31. The number of hydrogen-bond donors (Lipinski definition) is 0. The number of sulfonamides is 1. The minimum absolute atomic E-state index is 0.327. The summed E-state index contributed by atoms with van der Waals surface area (Å²) >= 11 is 0. The smallest absolute Gasteiger partial charge is 0.243 e. The average Bonchev–Trinajstić information content (AvgIpc) is 2.40. The second-order valence-electron chi connectivity index (χ2n) is 5.49. The van der Waals surface area contributed by atoms with E-state index in [1.165, 1.54) is 4.31 Å². The molecule has 1 aromatic rings. The van der Waals surface area contributed by atoms with Gasteiger partial charge in [-0.2, -0.15) is 4.31 Å². The maximum atomic E-state index is 12.4. The van der Waals surface area contributed by atoms with E-state index in [0.29, 0.717) is 30.8 Å². The Bertz CT molecular complexity index is 555. The highest BCUT2D eigenvalue weighted by molar-refractivity contribution is 7.89. The molecule has 1 heterocycles. The molecular formula is C14H19NO3S. The van der Waals surface area contributed by atoms with Crippen LogP contribution in [-0.4, -0.2) is 32.1 Å². The van der Waals surface area contributed by atoms with Crippen molar-refractivity contribution in [2.45, 2.75) is 31.6 Å². The number of rotatable bonds is 3. The van der Waals surface area contributed by atoms with Crippen molar-refractivity contribution in [1.82, 2.24) is 4.31 Å². The third-order valence-electron chi connectivity index (χ3n) is 3.81. The van der Waals surface area contributed by atoms with Crippen LogP contribution in [0.2, 0.25) is 0 Å². The van der Waals surface area contributed by atoms with Crippen molar-refractivity contribution in [2.24, 2.45) is 5.41 Å². The summed E-state index contributed by atoms with van der Waals surface area (Å²) in [6.45, 7) is 4.62. The van der Waals surface area contributed by atoms with Crippen molar-refractivity contribution in [3.8, 4) is 0 Å². The quantitative estimate of drug-likeness (QED) is 0.796. The lowest BCUT2D eigenvalue weighted by Crippen LogP contribution is -2.42. The molecule has 0 atom stereocenters. The predicted molar refractivity (Wildman–Crippen MR) is 73.3 cm³/mol. The minimum Gasteiger partial charge on any atom is -0.303 e. The number of aldehydes is 1. The van der Waals surface area contributed by atoms with Gasteiger partial charge in [-0.05, 0) is 31.9 Å². The number of piperidine rings is 1. The first-order valence-corrected chi connectivity index (χ1v) is 7.85. The Hall–Kier alpha value is -1.20. The lowest BCUT2D eigenvalue weighted by atomic mass is 9.83. The van der Waals surface area contributed by atoms with Gasteiger partial charge in [0.05, 0.1) is 4.90 Å². The fraction of sp³-hybridized carbons (Fsp3) is 0.500. The van der Waals surface area contributed by atoms with Gasteiger partial charge in [-0.25, -0.2) is 8.42 Å². The fourth-order valence-electron chi connectivity index (χ4n) is 2.21. The van der Waals surface area contributed by atoms with Gasteiger partial charge in [-0.3, -0.25) is 0 Å². The molecule has 0 aliphatic carbocycles. The van der Waals surface area contributed by atoms with Crippen LogP contribution in [0.4, 0.5) is 0 Å². The summed E-state index contributed by atoms with van der Waals surface area (Å²) in [5.74, 6) is 0. The summed E-state index contributed by atoms with van der Waals surface area (Å²) < 4.78 is 26.3. The molecule has 0 aromatic heterocycles. The van der Waals surface area contributed by atoms with Gasteiger partial charge in [0.25, 0.3) is 0 Å². The van der Waals surface area contributed by atoms with Gasteiger partial charge in [0, 0.05) is 18.5 Å². The molecular weight excluding hydrogens is 262 g/mol. The van der Waals surface area contributed by atoms with Gasteiger partial charge >= 0.3 is 0 Å². The Balaban J connectivity index is 2.18. The zero-order valence-corrected chi connectivity index (χ0v) is 12.1. The van der Waals surface area contributed by atoms with Crippen LogP contribution in [0.15, 0.2) is 29.2 Å². The largest absolute Gasteiger partial charge is 0.303 e. The second kappa shape index (κ2) is 5.06. The Kier molecular flexibility index (Phi) is 3.78. The minimum atomic E-state index is -3.42. The highest BCUT2D eigenvalue weighted by atomic mass is 32.2. The predicted octanol–water partition coefficient (Wildman–Crippen LogP) is 1.98. The molecule has 0 spiro atoms. The third-order valence-corrected chi connectivity index (χ3v) is 5.72. The monoisotopic (exact) mass is 281 g/mol. The first-order chi connectivity index (χ1) is 8.87. The number of hydrogen-bond acceptors (Lipinski definition) is 3. The Morgan fingerprint density at radius 2 is 1.68 bits per heavy atom. The molecule has 1 fully saturated rings.